The van der Waals surface area contributed by atoms with Gasteiger partial charge in [-0.1, -0.05) is 26.0 Å². The highest BCUT2D eigenvalue weighted by Crippen LogP contribution is 2.27. The van der Waals surface area contributed by atoms with E-state index in [1.807, 2.05) is 0 Å². The molecule has 1 atom stereocenters. The topological polar surface area (TPSA) is 72.9 Å². The van der Waals surface area contributed by atoms with Crippen LogP contribution >= 0.6 is 0 Å². The maximum atomic E-state index is 13.8. The molecule has 0 radical (unpaired) electrons. The first kappa shape index (κ1) is 22.7. The van der Waals surface area contributed by atoms with Crippen LogP contribution in [0.15, 0.2) is 42.5 Å². The van der Waals surface area contributed by atoms with Gasteiger partial charge in [0.1, 0.15) is 5.82 Å². The zero-order valence-electron chi connectivity index (χ0n) is 18.3. The number of carbonyl (C=O) groups excluding carboxylic acids is 1. The summed E-state index contributed by atoms with van der Waals surface area (Å²) in [6.45, 7) is 9.91. The molecule has 0 unspecified atom stereocenters. The van der Waals surface area contributed by atoms with E-state index in [0.717, 1.165) is 32.6 Å². The van der Waals surface area contributed by atoms with Gasteiger partial charge in [0.05, 0.1) is 16.8 Å². The van der Waals surface area contributed by atoms with E-state index in [9.17, 15) is 19.1 Å². The lowest BCUT2D eigenvalue weighted by atomic mass is 10.0. The first-order chi connectivity index (χ1) is 14.8. The van der Waals surface area contributed by atoms with Crippen molar-refractivity contribution < 1.29 is 19.1 Å². The maximum Gasteiger partial charge on any atom is 0.337 e. The Labute approximate surface area is 182 Å². The first-order valence-corrected chi connectivity index (χ1v) is 10.7. The average Bonchev–Trinajstić information content (AvgIpc) is 2.73. The Balaban J connectivity index is 1.72. The van der Waals surface area contributed by atoms with Gasteiger partial charge in [-0.3, -0.25) is 9.69 Å². The van der Waals surface area contributed by atoms with Gasteiger partial charge in [-0.05, 0) is 49.6 Å². The quantitative estimate of drug-likeness (QED) is 0.688. The van der Waals surface area contributed by atoms with Gasteiger partial charge in [-0.15, -0.1) is 0 Å². The van der Waals surface area contributed by atoms with Crippen LogP contribution in [0.2, 0.25) is 0 Å². The Morgan fingerprint density at radius 2 is 1.71 bits per heavy atom. The second-order valence-corrected chi connectivity index (χ2v) is 8.47. The summed E-state index contributed by atoms with van der Waals surface area (Å²) in [4.78, 5) is 28.8. The number of nitrogens with one attached hydrogen (secondary N) is 1. The van der Waals surface area contributed by atoms with Gasteiger partial charge < -0.3 is 15.3 Å². The molecular formula is C24H30FN3O3. The van der Waals surface area contributed by atoms with Crippen molar-refractivity contribution in [3.05, 3.63) is 59.4 Å². The minimum absolute atomic E-state index is 0.0879. The minimum atomic E-state index is -1.06. The number of hydrogen-bond acceptors (Lipinski definition) is 4. The first-order valence-electron chi connectivity index (χ1n) is 10.7. The van der Waals surface area contributed by atoms with Gasteiger partial charge in [0.25, 0.3) is 5.91 Å². The van der Waals surface area contributed by atoms with Crippen molar-refractivity contribution in [2.24, 2.45) is 5.92 Å². The third-order valence-electron chi connectivity index (χ3n) is 5.69. The van der Waals surface area contributed by atoms with E-state index >= 15 is 0 Å². The number of carboxylic acid groups (broad SMARTS) is 1. The van der Waals surface area contributed by atoms with Crippen LogP contribution in [0.25, 0.3) is 0 Å². The standard InChI is InChI=1S/C24H30FN3O3/c1-16(2)14-17(3)27-10-12-28(13-11-27)22-9-8-18(15-20(22)24(30)31)26-23(29)19-6-4-5-7-21(19)25/h4-9,15-17H,10-14H2,1-3H3,(H,26,29)(H,30,31)/t17-/m0/s1. The molecule has 2 N–H and O–H groups in total. The molecule has 0 aliphatic carbocycles. The van der Waals surface area contributed by atoms with Crippen LogP contribution in [-0.2, 0) is 0 Å². The number of rotatable bonds is 7. The van der Waals surface area contributed by atoms with E-state index in [4.69, 9.17) is 0 Å². The largest absolute Gasteiger partial charge is 0.478 e. The maximum absolute atomic E-state index is 13.8. The number of carboxylic acids is 1. The number of anilines is 2. The van der Waals surface area contributed by atoms with Gasteiger partial charge in [-0.25, -0.2) is 9.18 Å². The zero-order chi connectivity index (χ0) is 22.5. The van der Waals surface area contributed by atoms with Crippen molar-refractivity contribution in [2.75, 3.05) is 36.4 Å². The van der Waals surface area contributed by atoms with E-state index in [1.54, 1.807) is 18.2 Å². The summed E-state index contributed by atoms with van der Waals surface area (Å²) in [7, 11) is 0. The lowest BCUT2D eigenvalue weighted by Gasteiger charge is -2.40. The minimum Gasteiger partial charge on any atom is -0.478 e. The lowest BCUT2D eigenvalue weighted by molar-refractivity contribution is 0.0696. The third kappa shape index (κ3) is 5.61. The SMILES string of the molecule is CC(C)C[C@H](C)N1CCN(c2ccc(NC(=O)c3ccccc3F)cc2C(=O)O)CC1. The van der Waals surface area contributed by atoms with Crippen LogP contribution in [0, 0.1) is 11.7 Å². The van der Waals surface area contributed by atoms with E-state index in [1.165, 1.54) is 24.3 Å². The van der Waals surface area contributed by atoms with E-state index in [-0.39, 0.29) is 11.1 Å². The molecule has 2 aromatic rings. The van der Waals surface area contributed by atoms with Gasteiger partial charge in [-0.2, -0.15) is 0 Å². The third-order valence-corrected chi connectivity index (χ3v) is 5.69. The second-order valence-electron chi connectivity index (χ2n) is 8.47. The zero-order valence-corrected chi connectivity index (χ0v) is 18.3. The van der Waals surface area contributed by atoms with Gasteiger partial charge in [0.2, 0.25) is 0 Å². The molecule has 1 aliphatic heterocycles. The molecule has 0 aromatic heterocycles. The molecule has 31 heavy (non-hydrogen) atoms. The molecule has 7 heteroatoms. The van der Waals surface area contributed by atoms with E-state index in [0.29, 0.717) is 23.3 Å². The number of piperazine rings is 1. The Bertz CT molecular complexity index is 939. The molecule has 1 aliphatic rings. The van der Waals surface area contributed by atoms with Gasteiger partial charge in [0.15, 0.2) is 0 Å². The number of aromatic carboxylic acids is 1. The highest BCUT2D eigenvalue weighted by atomic mass is 19.1. The van der Waals surface area contributed by atoms with Crippen LogP contribution in [0.5, 0.6) is 0 Å². The van der Waals surface area contributed by atoms with E-state index < -0.39 is 17.7 Å². The summed E-state index contributed by atoms with van der Waals surface area (Å²) in [5.74, 6) is -1.67. The summed E-state index contributed by atoms with van der Waals surface area (Å²) >= 11 is 0. The van der Waals surface area contributed by atoms with Crippen molar-refractivity contribution in [3.8, 4) is 0 Å². The van der Waals surface area contributed by atoms with Crippen LogP contribution in [0.3, 0.4) is 0 Å². The Morgan fingerprint density at radius 3 is 2.32 bits per heavy atom. The molecule has 3 rings (SSSR count). The number of carbonyl (C=O) groups is 2. The number of hydrogen-bond donors (Lipinski definition) is 2. The normalized spacial score (nSPS) is 15.7. The molecule has 0 spiro atoms. The highest BCUT2D eigenvalue weighted by Gasteiger charge is 2.25. The summed E-state index contributed by atoms with van der Waals surface area (Å²) in [5.41, 5.74) is 0.983. The van der Waals surface area contributed by atoms with E-state index in [2.05, 4.69) is 35.9 Å². The molecule has 0 saturated carbocycles. The molecule has 1 amide bonds. The van der Waals surface area contributed by atoms with Crippen molar-refractivity contribution in [1.29, 1.82) is 0 Å². The van der Waals surface area contributed by atoms with Gasteiger partial charge >= 0.3 is 5.97 Å². The van der Waals surface area contributed by atoms with Crippen molar-refractivity contribution >= 4 is 23.3 Å². The predicted molar refractivity (Wildman–Crippen MR) is 120 cm³/mol. The van der Waals surface area contributed by atoms with Gasteiger partial charge in [0, 0.05) is 37.9 Å². The molecule has 6 nitrogen and oxygen atoms in total. The van der Waals surface area contributed by atoms with Crippen LogP contribution in [0.4, 0.5) is 15.8 Å². The summed E-state index contributed by atoms with van der Waals surface area (Å²) in [6.07, 6.45) is 1.14. The fourth-order valence-electron chi connectivity index (χ4n) is 4.14. The van der Waals surface area contributed by atoms with Crippen LogP contribution < -0.4 is 10.2 Å². The summed E-state index contributed by atoms with van der Waals surface area (Å²) < 4.78 is 13.8. The lowest BCUT2D eigenvalue weighted by Crippen LogP contribution is -2.50. The summed E-state index contributed by atoms with van der Waals surface area (Å²) in [6, 6.07) is 11.0. The van der Waals surface area contributed by atoms with Crippen molar-refractivity contribution in [1.82, 2.24) is 4.90 Å². The number of amides is 1. The fourth-order valence-corrected chi connectivity index (χ4v) is 4.14. The number of halogens is 1. The Morgan fingerprint density at radius 1 is 1.03 bits per heavy atom. The Kier molecular flexibility index (Phi) is 7.28. The van der Waals surface area contributed by atoms with Crippen molar-refractivity contribution in [2.45, 2.75) is 33.2 Å². The number of benzene rings is 2. The molecule has 166 valence electrons. The monoisotopic (exact) mass is 427 g/mol. The smallest absolute Gasteiger partial charge is 0.337 e. The average molecular weight is 428 g/mol. The Hall–Kier alpha value is -2.93. The summed E-state index contributed by atoms with van der Waals surface area (Å²) in [5, 5.41) is 12.3. The van der Waals surface area contributed by atoms with Crippen LogP contribution in [-0.4, -0.2) is 54.1 Å². The molecule has 1 fully saturated rings. The highest BCUT2D eigenvalue weighted by molar-refractivity contribution is 6.05. The van der Waals surface area contributed by atoms with Crippen LogP contribution in [0.1, 0.15) is 47.9 Å². The fraction of sp³-hybridized carbons (Fsp3) is 0.417. The molecule has 1 heterocycles. The molecule has 0 bridgehead atoms. The van der Waals surface area contributed by atoms with Crippen molar-refractivity contribution in [3.63, 3.8) is 0 Å². The molecular weight excluding hydrogens is 397 g/mol. The second kappa shape index (κ2) is 9.92. The molecule has 2 aromatic carbocycles. The molecule has 1 saturated heterocycles. The predicted octanol–water partition coefficient (Wildman–Crippen LogP) is 4.33. The number of nitrogens with zero attached hydrogens (tertiary/aromatic N) is 2.